The molecule has 2 aliphatic rings. The standard InChI is InChI=1S/C17H26N2O/c1-13(2)19-11-5-9-17(3,12-19)20-16-7-4-6-15-14(16)8-10-18-15/h4,6-7,13,18H,5,8-12H2,1-3H3. The quantitative estimate of drug-likeness (QED) is 0.915. The Kier molecular flexibility index (Phi) is 3.63. The summed E-state index contributed by atoms with van der Waals surface area (Å²) in [7, 11) is 0. The minimum absolute atomic E-state index is 0.0553. The van der Waals surface area contributed by atoms with Crippen LogP contribution in [0.5, 0.6) is 5.75 Å². The third-order valence-electron chi connectivity index (χ3n) is 4.60. The van der Waals surface area contributed by atoms with Gasteiger partial charge in [0.05, 0.1) is 0 Å². The van der Waals surface area contributed by atoms with E-state index in [9.17, 15) is 0 Å². The second kappa shape index (κ2) is 5.28. The Hall–Kier alpha value is -1.22. The lowest BCUT2D eigenvalue weighted by molar-refractivity contribution is -0.00574. The van der Waals surface area contributed by atoms with Crippen molar-refractivity contribution in [3.63, 3.8) is 0 Å². The zero-order chi connectivity index (χ0) is 14.2. The summed E-state index contributed by atoms with van der Waals surface area (Å²) in [6.45, 7) is 10.1. The van der Waals surface area contributed by atoms with Crippen LogP contribution < -0.4 is 10.1 Å². The Morgan fingerprint density at radius 1 is 1.35 bits per heavy atom. The van der Waals surface area contributed by atoms with Crippen molar-refractivity contribution in [2.45, 2.75) is 51.7 Å². The Morgan fingerprint density at radius 2 is 2.20 bits per heavy atom. The first-order valence-corrected chi connectivity index (χ1v) is 7.86. The van der Waals surface area contributed by atoms with E-state index >= 15 is 0 Å². The average Bonchev–Trinajstić information content (AvgIpc) is 2.88. The Bertz CT molecular complexity index is 486. The van der Waals surface area contributed by atoms with Crippen molar-refractivity contribution < 1.29 is 4.74 Å². The molecule has 0 bridgehead atoms. The van der Waals surface area contributed by atoms with E-state index in [4.69, 9.17) is 4.74 Å². The van der Waals surface area contributed by atoms with Crippen molar-refractivity contribution in [2.24, 2.45) is 0 Å². The number of nitrogens with zero attached hydrogens (tertiary/aromatic N) is 1. The fraction of sp³-hybridized carbons (Fsp3) is 0.647. The molecule has 0 amide bonds. The maximum Gasteiger partial charge on any atom is 0.125 e. The lowest BCUT2D eigenvalue weighted by Crippen LogP contribution is -2.52. The second-order valence-electron chi connectivity index (χ2n) is 6.68. The first kappa shape index (κ1) is 13.7. The topological polar surface area (TPSA) is 24.5 Å². The predicted molar refractivity (Wildman–Crippen MR) is 83.6 cm³/mol. The molecule has 2 aliphatic heterocycles. The number of ether oxygens (including phenoxy) is 1. The van der Waals surface area contributed by atoms with E-state index < -0.39 is 0 Å². The van der Waals surface area contributed by atoms with Gasteiger partial charge >= 0.3 is 0 Å². The maximum atomic E-state index is 6.48. The van der Waals surface area contributed by atoms with Crippen molar-refractivity contribution in [2.75, 3.05) is 25.0 Å². The summed E-state index contributed by atoms with van der Waals surface area (Å²) in [6, 6.07) is 6.98. The SMILES string of the molecule is CC(C)N1CCCC(C)(Oc2cccc3c2CCN3)C1. The molecular formula is C17H26N2O. The molecule has 1 saturated heterocycles. The third kappa shape index (κ3) is 2.64. The molecule has 3 nitrogen and oxygen atoms in total. The number of benzene rings is 1. The summed E-state index contributed by atoms with van der Waals surface area (Å²) >= 11 is 0. The van der Waals surface area contributed by atoms with E-state index in [0.717, 1.165) is 31.7 Å². The molecule has 1 aromatic rings. The van der Waals surface area contributed by atoms with Gasteiger partial charge in [0.25, 0.3) is 0 Å². The van der Waals surface area contributed by atoms with Gasteiger partial charge in [0, 0.05) is 30.4 Å². The predicted octanol–water partition coefficient (Wildman–Crippen LogP) is 3.30. The number of nitrogens with one attached hydrogen (secondary N) is 1. The first-order valence-electron chi connectivity index (χ1n) is 7.86. The summed E-state index contributed by atoms with van der Waals surface area (Å²) in [5.41, 5.74) is 2.55. The molecular weight excluding hydrogens is 248 g/mol. The van der Waals surface area contributed by atoms with E-state index in [0.29, 0.717) is 6.04 Å². The van der Waals surface area contributed by atoms with Crippen LogP contribution in [0.3, 0.4) is 0 Å². The molecule has 2 heterocycles. The van der Waals surface area contributed by atoms with Crippen LogP contribution in [0.2, 0.25) is 0 Å². The van der Waals surface area contributed by atoms with Crippen LogP contribution in [-0.2, 0) is 6.42 Å². The minimum Gasteiger partial charge on any atom is -0.486 e. The highest BCUT2D eigenvalue weighted by Gasteiger charge is 2.34. The zero-order valence-corrected chi connectivity index (χ0v) is 12.9. The fourth-order valence-electron chi connectivity index (χ4n) is 3.44. The molecule has 1 N–H and O–H groups in total. The zero-order valence-electron chi connectivity index (χ0n) is 12.9. The van der Waals surface area contributed by atoms with Gasteiger partial charge in [0.1, 0.15) is 11.4 Å². The first-order chi connectivity index (χ1) is 9.57. The van der Waals surface area contributed by atoms with E-state index in [-0.39, 0.29) is 5.60 Å². The molecule has 1 atom stereocenters. The van der Waals surface area contributed by atoms with Crippen LogP contribution in [0.4, 0.5) is 5.69 Å². The van der Waals surface area contributed by atoms with E-state index in [1.165, 1.54) is 24.2 Å². The van der Waals surface area contributed by atoms with Gasteiger partial charge in [0.15, 0.2) is 0 Å². The third-order valence-corrected chi connectivity index (χ3v) is 4.60. The van der Waals surface area contributed by atoms with Gasteiger partial charge in [-0.25, -0.2) is 0 Å². The molecule has 3 heteroatoms. The van der Waals surface area contributed by atoms with Crippen molar-refractivity contribution in [1.29, 1.82) is 0 Å². The molecule has 0 aromatic heterocycles. The molecule has 20 heavy (non-hydrogen) atoms. The lowest BCUT2D eigenvalue weighted by Gasteiger charge is -2.42. The number of fused-ring (bicyclic) bond motifs is 1. The number of anilines is 1. The van der Waals surface area contributed by atoms with Crippen LogP contribution in [0, 0.1) is 0 Å². The second-order valence-corrected chi connectivity index (χ2v) is 6.68. The highest BCUT2D eigenvalue weighted by Crippen LogP contribution is 2.35. The van der Waals surface area contributed by atoms with Crippen LogP contribution in [0.25, 0.3) is 0 Å². The fourth-order valence-corrected chi connectivity index (χ4v) is 3.44. The molecule has 1 unspecified atom stereocenters. The summed E-state index contributed by atoms with van der Waals surface area (Å²) < 4.78 is 6.48. The van der Waals surface area contributed by atoms with E-state index in [1.54, 1.807) is 0 Å². The number of likely N-dealkylation sites (tertiary alicyclic amines) is 1. The van der Waals surface area contributed by atoms with Crippen LogP contribution in [0.1, 0.15) is 39.2 Å². The maximum absolute atomic E-state index is 6.48. The van der Waals surface area contributed by atoms with Gasteiger partial charge in [-0.3, -0.25) is 4.90 Å². The molecule has 110 valence electrons. The van der Waals surface area contributed by atoms with Gasteiger partial charge < -0.3 is 10.1 Å². The number of rotatable bonds is 3. The average molecular weight is 274 g/mol. The van der Waals surface area contributed by atoms with E-state index in [2.05, 4.69) is 49.2 Å². The van der Waals surface area contributed by atoms with E-state index in [1.807, 2.05) is 0 Å². The van der Waals surface area contributed by atoms with Crippen LogP contribution in [0.15, 0.2) is 18.2 Å². The number of hydrogen-bond acceptors (Lipinski definition) is 3. The Morgan fingerprint density at radius 3 is 3.00 bits per heavy atom. The summed E-state index contributed by atoms with van der Waals surface area (Å²) in [6.07, 6.45) is 3.45. The Balaban J connectivity index is 1.78. The monoisotopic (exact) mass is 274 g/mol. The van der Waals surface area contributed by atoms with Crippen molar-refractivity contribution in [3.05, 3.63) is 23.8 Å². The molecule has 1 fully saturated rings. The summed E-state index contributed by atoms with van der Waals surface area (Å²) in [4.78, 5) is 2.53. The largest absolute Gasteiger partial charge is 0.486 e. The van der Waals surface area contributed by atoms with Crippen molar-refractivity contribution in [3.8, 4) is 5.75 Å². The smallest absolute Gasteiger partial charge is 0.125 e. The molecule has 1 aromatic carbocycles. The number of piperidine rings is 1. The number of hydrogen-bond donors (Lipinski definition) is 1. The van der Waals surface area contributed by atoms with Gasteiger partial charge in [-0.1, -0.05) is 6.07 Å². The van der Waals surface area contributed by atoms with Crippen molar-refractivity contribution in [1.82, 2.24) is 4.90 Å². The summed E-state index contributed by atoms with van der Waals surface area (Å²) in [5.74, 6) is 1.08. The molecule has 0 aliphatic carbocycles. The summed E-state index contributed by atoms with van der Waals surface area (Å²) in [5, 5.41) is 3.43. The van der Waals surface area contributed by atoms with Gasteiger partial charge in [-0.05, 0) is 58.7 Å². The molecule has 0 saturated carbocycles. The molecule has 0 spiro atoms. The highest BCUT2D eigenvalue weighted by atomic mass is 16.5. The van der Waals surface area contributed by atoms with Gasteiger partial charge in [-0.15, -0.1) is 0 Å². The Labute approximate surface area is 122 Å². The van der Waals surface area contributed by atoms with Crippen LogP contribution >= 0.6 is 0 Å². The highest BCUT2D eigenvalue weighted by molar-refractivity contribution is 5.61. The van der Waals surface area contributed by atoms with Gasteiger partial charge in [-0.2, -0.15) is 0 Å². The van der Waals surface area contributed by atoms with Crippen LogP contribution in [-0.4, -0.2) is 36.2 Å². The minimum atomic E-state index is -0.0553. The molecule has 0 radical (unpaired) electrons. The molecule has 3 rings (SSSR count). The normalized spacial score (nSPS) is 26.4. The van der Waals surface area contributed by atoms with Gasteiger partial charge in [0.2, 0.25) is 0 Å². The lowest BCUT2D eigenvalue weighted by atomic mass is 9.93. The van der Waals surface area contributed by atoms with Crippen molar-refractivity contribution >= 4 is 5.69 Å².